The molecule has 0 spiro atoms. The Kier molecular flexibility index (Phi) is 4.05. The van der Waals surface area contributed by atoms with Crippen LogP contribution in [-0.2, 0) is 6.54 Å². The summed E-state index contributed by atoms with van der Waals surface area (Å²) in [6.45, 7) is 0.306. The Labute approximate surface area is 97.4 Å². The van der Waals surface area contributed by atoms with Gasteiger partial charge in [0.1, 0.15) is 0 Å². The van der Waals surface area contributed by atoms with Crippen molar-refractivity contribution in [3.05, 3.63) is 33.8 Å². The van der Waals surface area contributed by atoms with E-state index in [2.05, 4.69) is 0 Å². The van der Waals surface area contributed by atoms with E-state index in [4.69, 9.17) is 34.8 Å². The van der Waals surface area contributed by atoms with Gasteiger partial charge in [0.05, 0.1) is 0 Å². The standard InChI is InChI=1S/C9H8Cl3NO/c1-13(9(12)14)5-6-7(10)3-2-4-8(6)11/h2-4H,5H2,1H3. The maximum absolute atomic E-state index is 10.8. The molecule has 0 aliphatic heterocycles. The van der Waals surface area contributed by atoms with Crippen molar-refractivity contribution in [1.82, 2.24) is 4.90 Å². The minimum absolute atomic E-state index is 0.306. The lowest BCUT2D eigenvalue weighted by atomic mass is 10.2. The largest absolute Gasteiger partial charge is 0.328 e. The van der Waals surface area contributed by atoms with Gasteiger partial charge in [0.15, 0.2) is 0 Å². The lowest BCUT2D eigenvalue weighted by molar-refractivity contribution is 0.230. The topological polar surface area (TPSA) is 20.3 Å². The number of nitrogens with zero attached hydrogens (tertiary/aromatic N) is 1. The zero-order valence-corrected chi connectivity index (χ0v) is 9.70. The molecule has 0 unspecified atom stereocenters. The Balaban J connectivity index is 2.91. The summed E-state index contributed by atoms with van der Waals surface area (Å²) in [5, 5.41) is 0.519. The second-order valence-electron chi connectivity index (χ2n) is 2.81. The fourth-order valence-electron chi connectivity index (χ4n) is 0.983. The van der Waals surface area contributed by atoms with E-state index in [0.717, 1.165) is 0 Å². The molecular formula is C9H8Cl3NO. The van der Waals surface area contributed by atoms with E-state index in [0.29, 0.717) is 22.2 Å². The average molecular weight is 253 g/mol. The molecule has 2 nitrogen and oxygen atoms in total. The first-order valence-electron chi connectivity index (χ1n) is 3.86. The number of amides is 1. The molecule has 1 amide bonds. The lowest BCUT2D eigenvalue weighted by Gasteiger charge is -2.15. The Bertz CT molecular complexity index is 334. The maximum Gasteiger partial charge on any atom is 0.316 e. The van der Waals surface area contributed by atoms with E-state index in [9.17, 15) is 4.79 Å². The molecule has 0 aliphatic rings. The molecule has 0 radical (unpaired) electrons. The summed E-state index contributed by atoms with van der Waals surface area (Å²) < 4.78 is 0. The van der Waals surface area contributed by atoms with Gasteiger partial charge in [0, 0.05) is 29.2 Å². The Morgan fingerprint density at radius 2 is 1.86 bits per heavy atom. The molecule has 1 aromatic rings. The van der Waals surface area contributed by atoms with Gasteiger partial charge in [0.2, 0.25) is 0 Å². The van der Waals surface area contributed by atoms with Gasteiger partial charge in [-0.2, -0.15) is 0 Å². The van der Waals surface area contributed by atoms with Crippen LogP contribution in [0, 0.1) is 0 Å². The highest BCUT2D eigenvalue weighted by Gasteiger charge is 2.10. The average Bonchev–Trinajstić information content (AvgIpc) is 2.11. The first-order chi connectivity index (χ1) is 6.52. The molecule has 0 saturated heterocycles. The third kappa shape index (κ3) is 2.77. The third-order valence-electron chi connectivity index (χ3n) is 1.76. The number of rotatable bonds is 2. The van der Waals surface area contributed by atoms with Crippen LogP contribution in [0.15, 0.2) is 18.2 Å². The highest BCUT2D eigenvalue weighted by atomic mass is 35.5. The summed E-state index contributed by atoms with van der Waals surface area (Å²) in [6.07, 6.45) is 0. The Hall–Kier alpha value is -0.440. The van der Waals surface area contributed by atoms with E-state index >= 15 is 0 Å². The Morgan fingerprint density at radius 3 is 2.29 bits per heavy atom. The summed E-state index contributed by atoms with van der Waals surface area (Å²) in [5.41, 5.74) is 0.701. The molecule has 14 heavy (non-hydrogen) atoms. The number of hydrogen-bond acceptors (Lipinski definition) is 1. The number of carbonyl (C=O) groups is 1. The highest BCUT2D eigenvalue weighted by molar-refractivity contribution is 6.62. The third-order valence-corrected chi connectivity index (χ3v) is 2.75. The molecule has 76 valence electrons. The van der Waals surface area contributed by atoms with Gasteiger partial charge in [-0.15, -0.1) is 0 Å². The Morgan fingerprint density at radius 1 is 1.36 bits per heavy atom. The molecule has 1 rings (SSSR count). The number of halogens is 3. The van der Waals surface area contributed by atoms with Crippen LogP contribution in [-0.4, -0.2) is 17.3 Å². The molecule has 0 heterocycles. The van der Waals surface area contributed by atoms with Crippen molar-refractivity contribution in [2.45, 2.75) is 6.54 Å². The van der Waals surface area contributed by atoms with E-state index in [1.807, 2.05) is 0 Å². The number of carbonyl (C=O) groups excluding carboxylic acids is 1. The predicted octanol–water partition coefficient (Wildman–Crippen LogP) is 3.78. The van der Waals surface area contributed by atoms with E-state index in [1.165, 1.54) is 4.90 Å². The zero-order chi connectivity index (χ0) is 10.7. The maximum atomic E-state index is 10.8. The second-order valence-corrected chi connectivity index (χ2v) is 3.95. The summed E-state index contributed by atoms with van der Waals surface area (Å²) in [7, 11) is 1.58. The first-order valence-corrected chi connectivity index (χ1v) is 4.99. The summed E-state index contributed by atoms with van der Waals surface area (Å²) in [4.78, 5) is 12.1. The van der Waals surface area contributed by atoms with Crippen LogP contribution in [0.1, 0.15) is 5.56 Å². The van der Waals surface area contributed by atoms with Gasteiger partial charge >= 0.3 is 5.37 Å². The van der Waals surface area contributed by atoms with E-state index < -0.39 is 5.37 Å². The van der Waals surface area contributed by atoms with Gasteiger partial charge in [-0.3, -0.25) is 4.79 Å². The minimum Gasteiger partial charge on any atom is -0.328 e. The van der Waals surface area contributed by atoms with Gasteiger partial charge in [0.25, 0.3) is 0 Å². The molecule has 0 aliphatic carbocycles. The van der Waals surface area contributed by atoms with Crippen molar-refractivity contribution < 1.29 is 4.79 Å². The fourth-order valence-corrected chi connectivity index (χ4v) is 1.56. The normalized spacial score (nSPS) is 10.0. The SMILES string of the molecule is CN(Cc1c(Cl)cccc1Cl)C(=O)Cl. The van der Waals surface area contributed by atoms with Crippen LogP contribution < -0.4 is 0 Å². The molecule has 0 N–H and O–H groups in total. The molecule has 0 aromatic heterocycles. The lowest BCUT2D eigenvalue weighted by Crippen LogP contribution is -2.20. The summed E-state index contributed by atoms with van der Waals surface area (Å²) in [5.74, 6) is 0. The number of benzene rings is 1. The second kappa shape index (κ2) is 4.87. The molecule has 0 saturated carbocycles. The van der Waals surface area contributed by atoms with Gasteiger partial charge in [-0.05, 0) is 23.7 Å². The fraction of sp³-hybridized carbons (Fsp3) is 0.222. The van der Waals surface area contributed by atoms with Gasteiger partial charge < -0.3 is 4.90 Å². The highest BCUT2D eigenvalue weighted by Crippen LogP contribution is 2.25. The van der Waals surface area contributed by atoms with Gasteiger partial charge in [-0.25, -0.2) is 0 Å². The monoisotopic (exact) mass is 251 g/mol. The van der Waals surface area contributed by atoms with Crippen molar-refractivity contribution >= 4 is 40.2 Å². The van der Waals surface area contributed by atoms with Crippen molar-refractivity contribution in [1.29, 1.82) is 0 Å². The van der Waals surface area contributed by atoms with Crippen LogP contribution in [0.2, 0.25) is 10.0 Å². The molecule has 0 bridgehead atoms. The van der Waals surface area contributed by atoms with Crippen LogP contribution in [0.25, 0.3) is 0 Å². The quantitative estimate of drug-likeness (QED) is 0.579. The van der Waals surface area contributed by atoms with Crippen LogP contribution in [0.5, 0.6) is 0 Å². The zero-order valence-electron chi connectivity index (χ0n) is 7.43. The van der Waals surface area contributed by atoms with Crippen LogP contribution in [0.3, 0.4) is 0 Å². The molecule has 0 atom stereocenters. The van der Waals surface area contributed by atoms with Gasteiger partial charge in [-0.1, -0.05) is 29.3 Å². The van der Waals surface area contributed by atoms with E-state index in [1.54, 1.807) is 25.2 Å². The van der Waals surface area contributed by atoms with E-state index in [-0.39, 0.29) is 0 Å². The minimum atomic E-state index is -0.541. The molecule has 0 fully saturated rings. The number of hydrogen-bond donors (Lipinski definition) is 0. The summed E-state index contributed by atoms with van der Waals surface area (Å²) in [6, 6.07) is 5.18. The predicted molar refractivity (Wildman–Crippen MR) is 59.2 cm³/mol. The molecular weight excluding hydrogens is 244 g/mol. The first kappa shape index (κ1) is 11.6. The molecule has 1 aromatic carbocycles. The molecule has 5 heteroatoms. The van der Waals surface area contributed by atoms with Crippen molar-refractivity contribution in [3.8, 4) is 0 Å². The van der Waals surface area contributed by atoms with Crippen molar-refractivity contribution in [2.75, 3.05) is 7.05 Å². The van der Waals surface area contributed by atoms with Crippen molar-refractivity contribution in [3.63, 3.8) is 0 Å². The van der Waals surface area contributed by atoms with Crippen LogP contribution >= 0.6 is 34.8 Å². The van der Waals surface area contributed by atoms with Crippen LogP contribution in [0.4, 0.5) is 4.79 Å². The van der Waals surface area contributed by atoms with Crippen molar-refractivity contribution in [2.24, 2.45) is 0 Å². The smallest absolute Gasteiger partial charge is 0.316 e. The summed E-state index contributed by atoms with van der Waals surface area (Å²) >= 11 is 17.1.